The second-order valence-corrected chi connectivity index (χ2v) is 10.8. The lowest BCUT2D eigenvalue weighted by molar-refractivity contribution is 0.168. The van der Waals surface area contributed by atoms with Crippen LogP contribution < -0.4 is 0 Å². The molecule has 5 rings (SSSR count). The van der Waals surface area contributed by atoms with Crippen molar-refractivity contribution < 1.29 is 13.5 Å². The molecular formula is C24H28N6O3S. The van der Waals surface area contributed by atoms with E-state index in [1.165, 1.54) is 36.4 Å². The first-order valence-corrected chi connectivity index (χ1v) is 13.1. The molecule has 0 radical (unpaired) electrons. The van der Waals surface area contributed by atoms with Crippen LogP contribution in [0.3, 0.4) is 0 Å². The van der Waals surface area contributed by atoms with Crippen molar-refractivity contribution in [1.82, 2.24) is 24.1 Å². The van der Waals surface area contributed by atoms with Crippen molar-refractivity contribution in [2.24, 2.45) is 0 Å². The smallest absolute Gasteiger partial charge is 0.244 e. The van der Waals surface area contributed by atoms with E-state index in [9.17, 15) is 13.5 Å². The van der Waals surface area contributed by atoms with Gasteiger partial charge in [-0.05, 0) is 50.2 Å². The first kappa shape index (κ1) is 22.8. The second kappa shape index (κ2) is 9.35. The molecule has 2 aliphatic rings. The highest BCUT2D eigenvalue weighted by Crippen LogP contribution is 2.36. The summed E-state index contributed by atoms with van der Waals surface area (Å²) in [7, 11) is -3.64. The third-order valence-corrected chi connectivity index (χ3v) is 8.68. The van der Waals surface area contributed by atoms with E-state index < -0.39 is 10.0 Å². The molecule has 3 aromatic rings. The largest absolute Gasteiger partial charge is 0.494 e. The fourth-order valence-electron chi connectivity index (χ4n) is 4.82. The fraction of sp³-hybridized carbons (Fsp3) is 0.417. The van der Waals surface area contributed by atoms with Gasteiger partial charge in [0.15, 0.2) is 5.88 Å². The number of hydrogen-bond acceptors (Lipinski definition) is 7. The van der Waals surface area contributed by atoms with Crippen molar-refractivity contribution in [2.45, 2.75) is 17.7 Å². The quantitative estimate of drug-likeness (QED) is 0.556. The summed E-state index contributed by atoms with van der Waals surface area (Å²) in [5.41, 5.74) is 2.03. The highest BCUT2D eigenvalue weighted by atomic mass is 32.2. The summed E-state index contributed by atoms with van der Waals surface area (Å²) in [6, 6.07) is 10.3. The number of benzene rings is 1. The molecule has 0 aliphatic carbocycles. The van der Waals surface area contributed by atoms with Crippen LogP contribution in [0.25, 0.3) is 22.2 Å². The maximum atomic E-state index is 13.2. The second-order valence-electron chi connectivity index (χ2n) is 8.89. The zero-order valence-electron chi connectivity index (χ0n) is 18.9. The van der Waals surface area contributed by atoms with Crippen molar-refractivity contribution in [3.05, 3.63) is 42.1 Å². The Morgan fingerprint density at radius 1 is 1.00 bits per heavy atom. The number of likely N-dealkylation sites (tertiary alicyclic amines) is 1. The molecule has 178 valence electrons. The van der Waals surface area contributed by atoms with Crippen LogP contribution in [0.15, 0.2) is 41.4 Å². The van der Waals surface area contributed by atoms with Crippen LogP contribution in [0, 0.1) is 11.3 Å². The molecule has 9 nitrogen and oxygen atoms in total. The lowest BCUT2D eigenvalue weighted by atomic mass is 10.1. The number of H-pyrrole nitrogens is 1. The molecule has 0 bridgehead atoms. The van der Waals surface area contributed by atoms with Crippen LogP contribution >= 0.6 is 0 Å². The number of nitrogens with zero attached hydrogens (tertiary/aromatic N) is 5. The van der Waals surface area contributed by atoms with Gasteiger partial charge in [-0.3, -0.25) is 9.88 Å². The SMILES string of the molecule is N#Cc1ccc2c(-c3ccc(S(=O)(=O)N4CCN(CCN5CCCC5)CC4)cn3)c(O)[nH]c2c1. The third kappa shape index (κ3) is 4.40. The van der Waals surface area contributed by atoms with Crippen molar-refractivity contribution >= 4 is 20.9 Å². The molecule has 2 aromatic heterocycles. The highest BCUT2D eigenvalue weighted by molar-refractivity contribution is 7.89. The van der Waals surface area contributed by atoms with Crippen LogP contribution in [0.2, 0.25) is 0 Å². The van der Waals surface area contributed by atoms with E-state index in [4.69, 9.17) is 5.26 Å². The van der Waals surface area contributed by atoms with Gasteiger partial charge >= 0.3 is 0 Å². The first-order valence-electron chi connectivity index (χ1n) is 11.6. The normalized spacial score (nSPS) is 18.4. The van der Waals surface area contributed by atoms with E-state index in [1.54, 1.807) is 30.3 Å². The molecule has 0 atom stereocenters. The number of aromatic amines is 1. The summed E-state index contributed by atoms with van der Waals surface area (Å²) in [4.78, 5) is 12.2. The van der Waals surface area contributed by atoms with E-state index in [-0.39, 0.29) is 10.8 Å². The molecule has 2 fully saturated rings. The number of nitrogens with one attached hydrogen (secondary N) is 1. The number of aromatic nitrogens is 2. The predicted octanol–water partition coefficient (Wildman–Crippen LogP) is 2.21. The van der Waals surface area contributed by atoms with Crippen LogP contribution in [-0.2, 0) is 10.0 Å². The Labute approximate surface area is 199 Å². The number of fused-ring (bicyclic) bond motifs is 1. The Bertz CT molecular complexity index is 1320. The van der Waals surface area contributed by atoms with E-state index in [0.717, 1.165) is 26.2 Å². The monoisotopic (exact) mass is 480 g/mol. The van der Waals surface area contributed by atoms with E-state index in [0.29, 0.717) is 40.8 Å². The van der Waals surface area contributed by atoms with Crippen LogP contribution in [-0.4, -0.2) is 90.0 Å². The van der Waals surface area contributed by atoms with Crippen LogP contribution in [0.1, 0.15) is 18.4 Å². The fourth-order valence-corrected chi connectivity index (χ4v) is 6.19. The number of pyridine rings is 1. The minimum Gasteiger partial charge on any atom is -0.494 e. The Kier molecular flexibility index (Phi) is 6.27. The minimum atomic E-state index is -3.64. The summed E-state index contributed by atoms with van der Waals surface area (Å²) in [5, 5.41) is 20.2. The first-order chi connectivity index (χ1) is 16.5. The van der Waals surface area contributed by atoms with Gasteiger partial charge in [0.1, 0.15) is 4.90 Å². The van der Waals surface area contributed by atoms with Gasteiger partial charge in [-0.15, -0.1) is 0 Å². The Balaban J connectivity index is 1.27. The van der Waals surface area contributed by atoms with Gasteiger partial charge in [-0.25, -0.2) is 8.42 Å². The average Bonchev–Trinajstić information content (AvgIpc) is 3.49. The molecule has 0 saturated carbocycles. The van der Waals surface area contributed by atoms with Crippen LogP contribution in [0.4, 0.5) is 0 Å². The Hall–Kier alpha value is -2.97. The average molecular weight is 481 g/mol. The zero-order valence-corrected chi connectivity index (χ0v) is 19.8. The number of hydrogen-bond donors (Lipinski definition) is 2. The van der Waals surface area contributed by atoms with Gasteiger partial charge in [0.25, 0.3) is 0 Å². The molecule has 10 heteroatoms. The molecule has 0 spiro atoms. The maximum Gasteiger partial charge on any atom is 0.244 e. The van der Waals surface area contributed by atoms with Gasteiger partial charge in [-0.1, -0.05) is 6.07 Å². The van der Waals surface area contributed by atoms with Crippen molar-refractivity contribution in [3.63, 3.8) is 0 Å². The van der Waals surface area contributed by atoms with Gasteiger partial charge in [0.2, 0.25) is 10.0 Å². The van der Waals surface area contributed by atoms with Gasteiger partial charge in [0.05, 0.1) is 28.4 Å². The summed E-state index contributed by atoms with van der Waals surface area (Å²) in [5.74, 6) is -0.0711. The number of nitriles is 1. The maximum absolute atomic E-state index is 13.2. The molecule has 0 amide bonds. The summed E-state index contributed by atoms with van der Waals surface area (Å²) < 4.78 is 27.9. The Morgan fingerprint density at radius 3 is 2.35 bits per heavy atom. The lowest BCUT2D eigenvalue weighted by Crippen LogP contribution is -2.50. The standard InChI is InChI=1S/C24H28N6O3S/c25-16-18-3-5-20-22(15-18)27-24(31)23(20)21-6-4-19(17-26-21)34(32,33)30-13-11-29(12-14-30)10-9-28-7-1-2-8-28/h3-6,15,17,27,31H,1-2,7-14H2. The Morgan fingerprint density at radius 2 is 1.71 bits per heavy atom. The van der Waals surface area contributed by atoms with Crippen LogP contribution in [0.5, 0.6) is 5.88 Å². The number of rotatable bonds is 6. The molecule has 34 heavy (non-hydrogen) atoms. The van der Waals surface area contributed by atoms with Gasteiger partial charge in [-0.2, -0.15) is 9.57 Å². The lowest BCUT2D eigenvalue weighted by Gasteiger charge is -2.34. The number of piperazine rings is 1. The van der Waals surface area contributed by atoms with E-state index in [2.05, 4.69) is 25.8 Å². The molecule has 4 heterocycles. The van der Waals surface area contributed by atoms with E-state index in [1.807, 2.05) is 0 Å². The van der Waals surface area contributed by atoms with Gasteiger partial charge in [0, 0.05) is 50.9 Å². The number of aromatic hydroxyl groups is 1. The molecule has 2 aliphatic heterocycles. The zero-order chi connectivity index (χ0) is 23.7. The topological polar surface area (TPSA) is 117 Å². The summed E-state index contributed by atoms with van der Waals surface area (Å²) in [6.45, 7) is 6.77. The molecular weight excluding hydrogens is 452 g/mol. The highest BCUT2D eigenvalue weighted by Gasteiger charge is 2.29. The number of sulfonamides is 1. The van der Waals surface area contributed by atoms with E-state index >= 15 is 0 Å². The summed E-state index contributed by atoms with van der Waals surface area (Å²) in [6.07, 6.45) is 3.91. The van der Waals surface area contributed by atoms with Gasteiger partial charge < -0.3 is 15.0 Å². The molecule has 1 aromatic carbocycles. The van der Waals surface area contributed by atoms with Crippen molar-refractivity contribution in [2.75, 3.05) is 52.4 Å². The van der Waals surface area contributed by atoms with Crippen molar-refractivity contribution in [1.29, 1.82) is 5.26 Å². The minimum absolute atomic E-state index is 0.0711. The predicted molar refractivity (Wildman–Crippen MR) is 129 cm³/mol. The van der Waals surface area contributed by atoms with Crippen molar-refractivity contribution in [3.8, 4) is 23.2 Å². The molecule has 2 saturated heterocycles. The molecule has 0 unspecified atom stereocenters. The molecule has 2 N–H and O–H groups in total. The third-order valence-electron chi connectivity index (χ3n) is 6.80. The summed E-state index contributed by atoms with van der Waals surface area (Å²) >= 11 is 0.